The van der Waals surface area contributed by atoms with Crippen LogP contribution in [0.5, 0.6) is 0 Å². The van der Waals surface area contributed by atoms with Crippen LogP contribution in [-0.2, 0) is 32.7 Å². The minimum atomic E-state index is -4.68. The number of hydrogen-bond acceptors (Lipinski definition) is 11. The molecule has 0 aliphatic carbocycles. The van der Waals surface area contributed by atoms with Crippen LogP contribution < -0.4 is 0 Å². The lowest BCUT2D eigenvalue weighted by Gasteiger charge is -2.20. The van der Waals surface area contributed by atoms with Gasteiger partial charge in [-0.15, -0.1) is 0 Å². The first-order valence-electron chi connectivity index (χ1n) is 21.5. The van der Waals surface area contributed by atoms with Gasteiger partial charge in [0.2, 0.25) is 0 Å². The van der Waals surface area contributed by atoms with Crippen LogP contribution in [0.1, 0.15) is 155 Å². The third-order valence-corrected chi connectivity index (χ3v) is 9.79. The molecule has 0 aromatic heterocycles. The van der Waals surface area contributed by atoms with E-state index in [0.29, 0.717) is 25.7 Å². The Hall–Kier alpha value is -2.41. The number of phosphoric acid groups is 1. The molecule has 0 fully saturated rings. The predicted octanol–water partition coefficient (Wildman–Crippen LogP) is 9.05. The molecule has 0 rings (SSSR count). The van der Waals surface area contributed by atoms with Crippen LogP contribution in [0.2, 0.25) is 0 Å². The SMILES string of the molecule is CCCCC/C=C\C[C@@H](O)/C=C/C=C/C=C\[C@@H](O)CCCC(=O)OC[C@H](COP(=O)(O)OC[C@@H](O)CO)OC(=O)CCCCCCC/C=C\CCCCCCCC. The molecule has 0 saturated heterocycles. The molecule has 0 aromatic rings. The van der Waals surface area contributed by atoms with Crippen molar-refractivity contribution >= 4 is 19.8 Å². The van der Waals surface area contributed by atoms with E-state index in [4.69, 9.17) is 19.1 Å². The number of hydrogen-bond donors (Lipinski definition) is 5. The lowest BCUT2D eigenvalue weighted by Crippen LogP contribution is -2.30. The van der Waals surface area contributed by atoms with Crippen LogP contribution in [-0.4, -0.2) is 88.1 Å². The van der Waals surface area contributed by atoms with E-state index in [2.05, 4.69) is 36.6 Å². The van der Waals surface area contributed by atoms with Crippen LogP contribution in [0.3, 0.4) is 0 Å². The molecule has 13 heteroatoms. The van der Waals surface area contributed by atoms with Gasteiger partial charge in [0.25, 0.3) is 0 Å². The summed E-state index contributed by atoms with van der Waals surface area (Å²) in [6.45, 7) is 2.01. The number of carbonyl (C=O) groups is 2. The zero-order valence-corrected chi connectivity index (χ0v) is 35.9. The van der Waals surface area contributed by atoms with Gasteiger partial charge in [-0.05, 0) is 64.2 Å². The summed E-state index contributed by atoms with van der Waals surface area (Å²) in [6, 6.07) is 0. The van der Waals surface area contributed by atoms with Crippen molar-refractivity contribution in [3.63, 3.8) is 0 Å². The molecule has 0 aliphatic heterocycles. The second-order valence-electron chi connectivity index (χ2n) is 14.4. The van der Waals surface area contributed by atoms with E-state index in [9.17, 15) is 34.4 Å². The molecule has 1 unspecified atom stereocenters. The number of aliphatic hydroxyl groups is 4. The molecule has 0 amide bonds. The average molecular weight is 829 g/mol. The van der Waals surface area contributed by atoms with Gasteiger partial charge in [-0.2, -0.15) is 0 Å². The highest BCUT2D eigenvalue weighted by Gasteiger charge is 2.27. The maximum atomic E-state index is 12.6. The third-order valence-electron chi connectivity index (χ3n) is 8.83. The highest BCUT2D eigenvalue weighted by molar-refractivity contribution is 7.47. The van der Waals surface area contributed by atoms with E-state index in [-0.39, 0.29) is 12.8 Å². The maximum absolute atomic E-state index is 12.6. The first-order valence-corrected chi connectivity index (χ1v) is 23.0. The molecular weight excluding hydrogens is 751 g/mol. The molecule has 12 nitrogen and oxygen atoms in total. The van der Waals surface area contributed by atoms with Crippen LogP contribution in [0.25, 0.3) is 0 Å². The van der Waals surface area contributed by atoms with Crippen LogP contribution in [0.4, 0.5) is 0 Å². The van der Waals surface area contributed by atoms with Crippen molar-refractivity contribution in [3.05, 3.63) is 60.8 Å². The second-order valence-corrected chi connectivity index (χ2v) is 15.9. The Balaban J connectivity index is 4.59. The van der Waals surface area contributed by atoms with Gasteiger partial charge in [0, 0.05) is 12.8 Å². The monoisotopic (exact) mass is 829 g/mol. The Labute approximate surface area is 343 Å². The fraction of sp³-hybridized carbons (Fsp3) is 0.727. The maximum Gasteiger partial charge on any atom is 0.472 e. The Bertz CT molecular complexity index is 1170. The molecule has 5 atom stereocenters. The molecule has 330 valence electrons. The Morgan fingerprint density at radius 3 is 1.74 bits per heavy atom. The van der Waals surface area contributed by atoms with E-state index in [1.54, 1.807) is 36.5 Å². The smallest absolute Gasteiger partial charge is 0.462 e. The molecule has 0 spiro atoms. The van der Waals surface area contributed by atoms with Gasteiger partial charge in [0.15, 0.2) is 6.10 Å². The van der Waals surface area contributed by atoms with Crippen LogP contribution >= 0.6 is 7.82 Å². The minimum absolute atomic E-state index is 0.0223. The summed E-state index contributed by atoms with van der Waals surface area (Å²) >= 11 is 0. The molecule has 5 N–H and O–H groups in total. The van der Waals surface area contributed by atoms with Crippen molar-refractivity contribution in [2.24, 2.45) is 0 Å². The first-order chi connectivity index (χ1) is 27.5. The highest BCUT2D eigenvalue weighted by Crippen LogP contribution is 2.43. The van der Waals surface area contributed by atoms with Crippen molar-refractivity contribution in [1.29, 1.82) is 0 Å². The van der Waals surface area contributed by atoms with Crippen molar-refractivity contribution in [3.8, 4) is 0 Å². The number of allylic oxidation sites excluding steroid dienone is 7. The number of rotatable bonds is 39. The van der Waals surface area contributed by atoms with Crippen molar-refractivity contribution in [1.82, 2.24) is 0 Å². The summed E-state index contributed by atoms with van der Waals surface area (Å²) in [4.78, 5) is 35.0. The number of esters is 2. The lowest BCUT2D eigenvalue weighted by atomic mass is 10.1. The van der Waals surface area contributed by atoms with Gasteiger partial charge in [0.05, 0.1) is 32.0 Å². The summed E-state index contributed by atoms with van der Waals surface area (Å²) in [7, 11) is -4.68. The standard InChI is InChI=1S/C44H77O12P/c1-3-5-7-9-11-12-13-14-15-16-17-18-19-21-27-33-44(50)56-42(38-55-57(51,52)54-36-41(48)35-45)37-53-43(49)34-28-32-40(47)31-26-23-22-25-30-39(46)29-24-20-10-8-6-4-2/h14-15,20,22-26,30-31,39-42,45-48H,3-13,16-19,21,27-29,32-38H2,1-2H3,(H,51,52)/b15-14-,23-22+,24-20-,30-25+,31-26-/t39-,40-,41+,42-/m1/s1. The minimum Gasteiger partial charge on any atom is -0.462 e. The zero-order valence-electron chi connectivity index (χ0n) is 35.0. The van der Waals surface area contributed by atoms with Crippen LogP contribution in [0.15, 0.2) is 60.8 Å². The molecule has 0 saturated carbocycles. The van der Waals surface area contributed by atoms with E-state index in [1.165, 1.54) is 51.4 Å². The van der Waals surface area contributed by atoms with Crippen molar-refractivity contribution < 1.29 is 58.0 Å². The molecule has 0 bridgehead atoms. The van der Waals surface area contributed by atoms with Gasteiger partial charge in [-0.25, -0.2) is 4.57 Å². The third kappa shape index (κ3) is 38.9. The summed E-state index contributed by atoms with van der Waals surface area (Å²) in [5, 5.41) is 38.6. The Kier molecular flexibility index (Phi) is 37.4. The average Bonchev–Trinajstić information content (AvgIpc) is 3.19. The van der Waals surface area contributed by atoms with E-state index in [0.717, 1.165) is 51.4 Å². The Morgan fingerprint density at radius 2 is 1.11 bits per heavy atom. The number of ether oxygens (including phenoxy) is 2. The van der Waals surface area contributed by atoms with Crippen LogP contribution in [0, 0.1) is 0 Å². The van der Waals surface area contributed by atoms with Gasteiger partial charge in [-0.3, -0.25) is 18.6 Å². The molecule has 0 heterocycles. The molecule has 0 aromatic carbocycles. The van der Waals surface area contributed by atoms with E-state index < -0.39 is 70.6 Å². The van der Waals surface area contributed by atoms with Gasteiger partial charge in [-0.1, -0.05) is 139 Å². The molecule has 0 radical (unpaired) electrons. The van der Waals surface area contributed by atoms with Gasteiger partial charge < -0.3 is 34.8 Å². The predicted molar refractivity (Wildman–Crippen MR) is 226 cm³/mol. The molecule has 57 heavy (non-hydrogen) atoms. The summed E-state index contributed by atoms with van der Waals surface area (Å²) in [5.74, 6) is -1.18. The first kappa shape index (κ1) is 54.6. The molecule has 0 aliphatic rings. The largest absolute Gasteiger partial charge is 0.472 e. The second kappa shape index (κ2) is 39.1. The van der Waals surface area contributed by atoms with Gasteiger partial charge >= 0.3 is 19.8 Å². The fourth-order valence-electron chi connectivity index (χ4n) is 5.42. The number of carbonyl (C=O) groups excluding carboxylic acids is 2. The quantitative estimate of drug-likeness (QED) is 0.0130. The number of phosphoric ester groups is 1. The highest BCUT2D eigenvalue weighted by atomic mass is 31.2. The lowest BCUT2D eigenvalue weighted by molar-refractivity contribution is -0.161. The van der Waals surface area contributed by atoms with Crippen molar-refractivity contribution in [2.75, 3.05) is 26.4 Å². The normalized spacial score (nSPS) is 15.6. The van der Waals surface area contributed by atoms with Gasteiger partial charge in [0.1, 0.15) is 12.7 Å². The number of unbranched alkanes of at least 4 members (excludes halogenated alkanes) is 14. The van der Waals surface area contributed by atoms with Crippen molar-refractivity contribution in [2.45, 2.75) is 180 Å². The summed E-state index contributed by atoms with van der Waals surface area (Å²) in [6.07, 6.45) is 35.3. The topological polar surface area (TPSA) is 189 Å². The van der Waals surface area contributed by atoms with E-state index >= 15 is 0 Å². The summed E-state index contributed by atoms with van der Waals surface area (Å²) < 4.78 is 32.5. The zero-order chi connectivity index (χ0) is 42.2. The molecular formula is C44H77O12P. The number of aliphatic hydroxyl groups excluding tert-OH is 4. The van der Waals surface area contributed by atoms with E-state index in [1.807, 2.05) is 6.08 Å². The Morgan fingerprint density at radius 1 is 0.596 bits per heavy atom. The summed E-state index contributed by atoms with van der Waals surface area (Å²) in [5.41, 5.74) is 0. The fourth-order valence-corrected chi connectivity index (χ4v) is 6.21.